The number of likely N-dealkylation sites (tertiary alicyclic amines) is 1. The summed E-state index contributed by atoms with van der Waals surface area (Å²) in [6.07, 6.45) is -2.98. The number of fused-ring (bicyclic) bond motifs is 1. The van der Waals surface area contributed by atoms with Crippen LogP contribution in [0, 0.1) is 11.3 Å². The molecule has 30 heavy (non-hydrogen) atoms. The van der Waals surface area contributed by atoms with E-state index in [-0.39, 0.29) is 17.8 Å². The number of hydrogen-bond donors (Lipinski definition) is 3. The third-order valence-electron chi connectivity index (χ3n) is 5.50. The van der Waals surface area contributed by atoms with Crippen LogP contribution < -0.4 is 11.1 Å². The maximum Gasteiger partial charge on any atom is 0.417 e. The lowest BCUT2D eigenvalue weighted by molar-refractivity contribution is -0.140. The SMILES string of the molecule is N=C(N)N1CC(C(=O)N2CCc3c(cccc3Nc3ccc(C(F)(F)F)cn3)C2)C1. The number of halogens is 3. The van der Waals surface area contributed by atoms with E-state index in [0.29, 0.717) is 38.4 Å². The van der Waals surface area contributed by atoms with Gasteiger partial charge in [-0.3, -0.25) is 10.2 Å². The number of nitrogens with one attached hydrogen (secondary N) is 2. The number of nitrogens with two attached hydrogens (primary N) is 1. The molecular weight excluding hydrogens is 397 g/mol. The molecule has 4 N–H and O–H groups in total. The number of nitrogens with zero attached hydrogens (tertiary/aromatic N) is 3. The highest BCUT2D eigenvalue weighted by Crippen LogP contribution is 2.32. The van der Waals surface area contributed by atoms with Crippen molar-refractivity contribution < 1.29 is 18.0 Å². The zero-order chi connectivity index (χ0) is 21.5. The molecule has 1 amide bonds. The molecule has 3 heterocycles. The van der Waals surface area contributed by atoms with E-state index in [0.717, 1.165) is 29.1 Å². The number of amides is 1. The molecule has 0 saturated carbocycles. The van der Waals surface area contributed by atoms with Crippen LogP contribution in [0.5, 0.6) is 0 Å². The standard InChI is InChI=1S/C20H21F3N6O/c21-20(22,23)14-4-5-17(26-8-14)27-16-3-1-2-12-9-28(7-6-15(12)16)18(30)13-10-29(11-13)19(24)25/h1-5,8,13H,6-7,9-11H2,(H3,24,25)(H,26,27). The Kier molecular flexibility index (Phi) is 5.00. The number of pyridine rings is 1. The van der Waals surface area contributed by atoms with Crippen LogP contribution in [0.3, 0.4) is 0 Å². The Morgan fingerprint density at radius 3 is 2.60 bits per heavy atom. The van der Waals surface area contributed by atoms with E-state index in [2.05, 4.69) is 10.3 Å². The van der Waals surface area contributed by atoms with Gasteiger partial charge in [0.2, 0.25) is 5.91 Å². The maximum absolute atomic E-state index is 12.7. The van der Waals surface area contributed by atoms with Gasteiger partial charge < -0.3 is 20.9 Å². The molecule has 1 aromatic heterocycles. The third kappa shape index (κ3) is 3.89. The van der Waals surface area contributed by atoms with Crippen molar-refractivity contribution in [1.29, 1.82) is 5.41 Å². The second kappa shape index (κ2) is 7.51. The number of carbonyl (C=O) groups is 1. The molecule has 0 unspecified atom stereocenters. The van der Waals surface area contributed by atoms with Crippen molar-refractivity contribution >= 4 is 23.4 Å². The number of carbonyl (C=O) groups excluding carboxylic acids is 1. The quantitative estimate of drug-likeness (QED) is 0.526. The van der Waals surface area contributed by atoms with Gasteiger partial charge in [-0.25, -0.2) is 4.98 Å². The van der Waals surface area contributed by atoms with E-state index in [1.54, 1.807) is 4.90 Å². The molecule has 7 nitrogen and oxygen atoms in total. The Labute approximate surface area is 171 Å². The summed E-state index contributed by atoms with van der Waals surface area (Å²) < 4.78 is 38.1. The van der Waals surface area contributed by atoms with E-state index < -0.39 is 11.7 Å². The van der Waals surface area contributed by atoms with Gasteiger partial charge in [0.1, 0.15) is 5.82 Å². The largest absolute Gasteiger partial charge is 0.417 e. The van der Waals surface area contributed by atoms with Crippen LogP contribution in [0.4, 0.5) is 24.7 Å². The Hall–Kier alpha value is -3.30. The molecule has 1 saturated heterocycles. The van der Waals surface area contributed by atoms with E-state index in [4.69, 9.17) is 11.1 Å². The molecular formula is C20H21F3N6O. The van der Waals surface area contributed by atoms with Crippen LogP contribution >= 0.6 is 0 Å². The third-order valence-corrected chi connectivity index (χ3v) is 5.50. The molecule has 0 radical (unpaired) electrons. The van der Waals surface area contributed by atoms with Crippen LogP contribution in [-0.4, -0.2) is 46.3 Å². The minimum atomic E-state index is -4.42. The highest BCUT2D eigenvalue weighted by atomic mass is 19.4. The first-order valence-electron chi connectivity index (χ1n) is 9.51. The number of aromatic nitrogens is 1. The summed E-state index contributed by atoms with van der Waals surface area (Å²) in [5.41, 5.74) is 7.43. The van der Waals surface area contributed by atoms with Gasteiger partial charge in [0.15, 0.2) is 5.96 Å². The molecule has 1 fully saturated rings. The van der Waals surface area contributed by atoms with Crippen LogP contribution in [0.25, 0.3) is 0 Å². The average Bonchev–Trinajstić information content (AvgIpc) is 2.66. The lowest BCUT2D eigenvalue weighted by atomic mass is 9.94. The molecule has 0 bridgehead atoms. The summed E-state index contributed by atoms with van der Waals surface area (Å²) in [5.74, 6) is 0.221. The summed E-state index contributed by atoms with van der Waals surface area (Å²) in [6.45, 7) is 1.97. The number of alkyl halides is 3. The molecule has 2 aliphatic heterocycles. The molecule has 10 heteroatoms. The van der Waals surface area contributed by atoms with Crippen LogP contribution in [0.1, 0.15) is 16.7 Å². The number of anilines is 2. The molecule has 2 aliphatic rings. The monoisotopic (exact) mass is 418 g/mol. The first kappa shape index (κ1) is 20.0. The molecule has 4 rings (SSSR count). The Morgan fingerprint density at radius 2 is 1.97 bits per heavy atom. The topological polar surface area (TPSA) is 98.3 Å². The number of rotatable bonds is 3. The average molecular weight is 418 g/mol. The van der Waals surface area contributed by atoms with E-state index >= 15 is 0 Å². The smallest absolute Gasteiger partial charge is 0.370 e. The minimum Gasteiger partial charge on any atom is -0.370 e. The van der Waals surface area contributed by atoms with Gasteiger partial charge in [0.25, 0.3) is 0 Å². The van der Waals surface area contributed by atoms with Crippen molar-refractivity contribution in [3.8, 4) is 0 Å². The lowest BCUT2D eigenvalue weighted by Gasteiger charge is -2.42. The predicted molar refractivity (Wildman–Crippen MR) is 105 cm³/mol. The van der Waals surface area contributed by atoms with Crippen molar-refractivity contribution in [3.05, 3.63) is 53.2 Å². The van der Waals surface area contributed by atoms with E-state index in [9.17, 15) is 18.0 Å². The van der Waals surface area contributed by atoms with Gasteiger partial charge in [0.05, 0.1) is 11.5 Å². The first-order chi connectivity index (χ1) is 14.2. The van der Waals surface area contributed by atoms with Gasteiger partial charge in [-0.15, -0.1) is 0 Å². The number of guanidine groups is 1. The minimum absolute atomic E-state index is 0.0179. The van der Waals surface area contributed by atoms with Crippen molar-refractivity contribution in [2.45, 2.75) is 19.1 Å². The fourth-order valence-corrected chi connectivity index (χ4v) is 3.78. The zero-order valence-electron chi connectivity index (χ0n) is 16.0. The molecule has 0 atom stereocenters. The second-order valence-electron chi connectivity index (χ2n) is 7.50. The van der Waals surface area contributed by atoms with Gasteiger partial charge in [0, 0.05) is 38.1 Å². The Balaban J connectivity index is 1.44. The van der Waals surface area contributed by atoms with E-state index in [1.165, 1.54) is 6.07 Å². The number of hydrogen-bond acceptors (Lipinski definition) is 4. The molecule has 2 aromatic rings. The summed E-state index contributed by atoms with van der Waals surface area (Å²) in [5, 5.41) is 10.5. The van der Waals surface area contributed by atoms with Crippen molar-refractivity contribution in [2.75, 3.05) is 25.0 Å². The predicted octanol–water partition coefficient (Wildman–Crippen LogP) is 2.55. The van der Waals surface area contributed by atoms with Crippen LogP contribution in [-0.2, 0) is 23.9 Å². The van der Waals surface area contributed by atoms with Crippen molar-refractivity contribution in [2.24, 2.45) is 11.7 Å². The highest BCUT2D eigenvalue weighted by molar-refractivity contribution is 5.84. The summed E-state index contributed by atoms with van der Waals surface area (Å²) in [7, 11) is 0. The molecule has 1 aromatic carbocycles. The Bertz CT molecular complexity index is 969. The molecule has 0 spiro atoms. The molecule has 158 valence electrons. The van der Waals surface area contributed by atoms with Gasteiger partial charge in [-0.1, -0.05) is 12.1 Å². The summed E-state index contributed by atoms with van der Waals surface area (Å²) in [4.78, 5) is 20.0. The van der Waals surface area contributed by atoms with Crippen molar-refractivity contribution in [3.63, 3.8) is 0 Å². The highest BCUT2D eigenvalue weighted by Gasteiger charge is 2.37. The summed E-state index contributed by atoms with van der Waals surface area (Å²) >= 11 is 0. The van der Waals surface area contributed by atoms with Crippen LogP contribution in [0.2, 0.25) is 0 Å². The van der Waals surface area contributed by atoms with Gasteiger partial charge in [-0.2, -0.15) is 13.2 Å². The molecule has 0 aliphatic carbocycles. The van der Waals surface area contributed by atoms with Gasteiger partial charge >= 0.3 is 6.18 Å². The first-order valence-corrected chi connectivity index (χ1v) is 9.51. The maximum atomic E-state index is 12.7. The second-order valence-corrected chi connectivity index (χ2v) is 7.50. The Morgan fingerprint density at radius 1 is 1.20 bits per heavy atom. The fraction of sp³-hybridized carbons (Fsp3) is 0.350. The summed E-state index contributed by atoms with van der Waals surface area (Å²) in [6, 6.07) is 7.95. The normalized spacial score (nSPS) is 16.6. The van der Waals surface area contributed by atoms with Crippen LogP contribution in [0.15, 0.2) is 36.5 Å². The zero-order valence-corrected chi connectivity index (χ0v) is 16.0. The van der Waals surface area contributed by atoms with E-state index in [1.807, 2.05) is 23.1 Å². The fourth-order valence-electron chi connectivity index (χ4n) is 3.78. The number of benzene rings is 1. The van der Waals surface area contributed by atoms with Crippen molar-refractivity contribution in [1.82, 2.24) is 14.8 Å². The lowest BCUT2D eigenvalue weighted by Crippen LogP contribution is -2.58. The van der Waals surface area contributed by atoms with Gasteiger partial charge in [-0.05, 0) is 35.7 Å².